The maximum atomic E-state index is 5.79. The molecule has 2 heterocycles. The van der Waals surface area contributed by atoms with Crippen LogP contribution in [0.2, 0.25) is 0 Å². The van der Waals surface area contributed by atoms with Crippen LogP contribution in [0.25, 0.3) is 0 Å². The third kappa shape index (κ3) is 4.06. The summed E-state index contributed by atoms with van der Waals surface area (Å²) in [5.41, 5.74) is 1.26. The molecule has 4 nitrogen and oxygen atoms in total. The van der Waals surface area contributed by atoms with Gasteiger partial charge in [0.15, 0.2) is 0 Å². The number of nitrogens with one attached hydrogen (secondary N) is 1. The highest BCUT2D eigenvalue weighted by Gasteiger charge is 2.27. The number of morpholine rings is 1. The molecular weight excluding hydrogens is 240 g/mol. The topological polar surface area (TPSA) is 37.6 Å². The Kier molecular flexibility index (Phi) is 4.66. The second kappa shape index (κ2) is 6.07. The molecular formula is C15H26N2O2. The molecule has 1 saturated heterocycles. The van der Waals surface area contributed by atoms with Gasteiger partial charge in [-0.3, -0.25) is 4.90 Å². The van der Waals surface area contributed by atoms with Crippen LogP contribution in [0.3, 0.4) is 0 Å². The van der Waals surface area contributed by atoms with E-state index in [0.29, 0.717) is 0 Å². The first-order chi connectivity index (χ1) is 9.00. The van der Waals surface area contributed by atoms with Crippen LogP contribution in [-0.2, 0) is 17.8 Å². The van der Waals surface area contributed by atoms with E-state index < -0.39 is 0 Å². The smallest absolute Gasteiger partial charge is 0.118 e. The van der Waals surface area contributed by atoms with E-state index >= 15 is 0 Å². The van der Waals surface area contributed by atoms with Gasteiger partial charge in [-0.25, -0.2) is 0 Å². The maximum absolute atomic E-state index is 5.79. The first-order valence-electron chi connectivity index (χ1n) is 7.15. The molecule has 0 spiro atoms. The number of hydrogen-bond donors (Lipinski definition) is 1. The van der Waals surface area contributed by atoms with E-state index in [1.807, 2.05) is 0 Å². The van der Waals surface area contributed by atoms with Gasteiger partial charge in [0.1, 0.15) is 11.5 Å². The minimum Gasteiger partial charge on any atom is -0.465 e. The molecule has 0 saturated carbocycles. The number of hydrogen-bond acceptors (Lipinski definition) is 4. The lowest BCUT2D eigenvalue weighted by Crippen LogP contribution is -2.47. The predicted octanol–water partition coefficient (Wildman–Crippen LogP) is 2.31. The minimum absolute atomic E-state index is 0.0392. The van der Waals surface area contributed by atoms with Crippen LogP contribution in [0.15, 0.2) is 10.5 Å². The van der Waals surface area contributed by atoms with Crippen LogP contribution in [0.1, 0.15) is 37.9 Å². The molecule has 0 atom stereocenters. The van der Waals surface area contributed by atoms with Gasteiger partial charge in [-0.05, 0) is 33.4 Å². The average Bonchev–Trinajstić information content (AvgIpc) is 2.66. The molecule has 0 aliphatic carbocycles. The molecule has 1 N–H and O–H groups in total. The van der Waals surface area contributed by atoms with Crippen LogP contribution < -0.4 is 5.32 Å². The summed E-state index contributed by atoms with van der Waals surface area (Å²) in [6.45, 7) is 14.0. The highest BCUT2D eigenvalue weighted by atomic mass is 16.5. The van der Waals surface area contributed by atoms with Gasteiger partial charge in [-0.2, -0.15) is 0 Å². The molecule has 2 rings (SSSR count). The maximum Gasteiger partial charge on any atom is 0.118 e. The minimum atomic E-state index is -0.0392. The molecule has 0 unspecified atom stereocenters. The predicted molar refractivity (Wildman–Crippen MR) is 76.1 cm³/mol. The fourth-order valence-corrected chi connectivity index (χ4v) is 2.57. The van der Waals surface area contributed by atoms with Crippen molar-refractivity contribution in [3.8, 4) is 0 Å². The molecule has 19 heavy (non-hydrogen) atoms. The zero-order chi connectivity index (χ0) is 13.9. The fraction of sp³-hybridized carbons (Fsp3) is 0.733. The Morgan fingerprint density at radius 1 is 1.42 bits per heavy atom. The molecule has 0 amide bonds. The number of ether oxygens (including phenoxy) is 1. The van der Waals surface area contributed by atoms with Gasteiger partial charge in [0.25, 0.3) is 0 Å². The summed E-state index contributed by atoms with van der Waals surface area (Å²) in [5.74, 6) is 2.07. The zero-order valence-corrected chi connectivity index (χ0v) is 12.6. The molecule has 0 aromatic carbocycles. The van der Waals surface area contributed by atoms with Gasteiger partial charge >= 0.3 is 0 Å². The second-order valence-corrected chi connectivity index (χ2v) is 5.89. The average molecular weight is 266 g/mol. The van der Waals surface area contributed by atoms with Crippen molar-refractivity contribution in [2.75, 3.05) is 26.2 Å². The van der Waals surface area contributed by atoms with Gasteiger partial charge in [0.05, 0.1) is 18.8 Å². The van der Waals surface area contributed by atoms with Crippen LogP contribution >= 0.6 is 0 Å². The molecule has 108 valence electrons. The highest BCUT2D eigenvalue weighted by molar-refractivity contribution is 5.21. The third-order valence-electron chi connectivity index (χ3n) is 3.52. The molecule has 0 radical (unpaired) electrons. The summed E-state index contributed by atoms with van der Waals surface area (Å²) in [6.07, 6.45) is 0. The molecule has 1 fully saturated rings. The number of rotatable bonds is 5. The Balaban J connectivity index is 1.96. The molecule has 4 heteroatoms. The van der Waals surface area contributed by atoms with E-state index in [0.717, 1.165) is 50.9 Å². The summed E-state index contributed by atoms with van der Waals surface area (Å²) in [5, 5.41) is 3.29. The van der Waals surface area contributed by atoms with E-state index in [1.165, 1.54) is 5.56 Å². The van der Waals surface area contributed by atoms with E-state index in [-0.39, 0.29) is 5.60 Å². The van der Waals surface area contributed by atoms with Crippen molar-refractivity contribution in [3.63, 3.8) is 0 Å². The number of aryl methyl sites for hydroxylation is 1. The van der Waals surface area contributed by atoms with Crippen LogP contribution in [0, 0.1) is 6.92 Å². The molecule has 1 aliphatic rings. The Morgan fingerprint density at radius 2 is 2.21 bits per heavy atom. The van der Waals surface area contributed by atoms with Crippen LogP contribution in [-0.4, -0.2) is 36.7 Å². The van der Waals surface area contributed by atoms with Crippen molar-refractivity contribution in [2.24, 2.45) is 0 Å². The van der Waals surface area contributed by atoms with Gasteiger partial charge in [-0.15, -0.1) is 0 Å². The monoisotopic (exact) mass is 266 g/mol. The van der Waals surface area contributed by atoms with Crippen LogP contribution in [0.5, 0.6) is 0 Å². The summed E-state index contributed by atoms with van der Waals surface area (Å²) in [4.78, 5) is 2.44. The first kappa shape index (κ1) is 14.6. The van der Waals surface area contributed by atoms with E-state index in [4.69, 9.17) is 9.15 Å². The van der Waals surface area contributed by atoms with Gasteiger partial charge < -0.3 is 14.5 Å². The Morgan fingerprint density at radius 3 is 2.89 bits per heavy atom. The third-order valence-corrected chi connectivity index (χ3v) is 3.52. The summed E-state index contributed by atoms with van der Waals surface area (Å²) >= 11 is 0. The standard InChI is InChI=1S/C15H26N2O2/c1-5-16-9-14-8-13(12(2)19-14)10-17-6-7-18-15(3,4)11-17/h8,16H,5-7,9-11H2,1-4H3. The lowest BCUT2D eigenvalue weighted by Gasteiger charge is -2.38. The summed E-state index contributed by atoms with van der Waals surface area (Å²) < 4.78 is 11.5. The Labute approximate surface area is 116 Å². The van der Waals surface area contributed by atoms with Crippen molar-refractivity contribution in [1.82, 2.24) is 10.2 Å². The largest absolute Gasteiger partial charge is 0.465 e. The SMILES string of the molecule is CCNCc1cc(CN2CCOC(C)(C)C2)c(C)o1. The van der Waals surface area contributed by atoms with E-state index in [1.54, 1.807) is 0 Å². The van der Waals surface area contributed by atoms with E-state index in [9.17, 15) is 0 Å². The molecule has 1 aromatic rings. The zero-order valence-electron chi connectivity index (χ0n) is 12.6. The molecule has 1 aromatic heterocycles. The van der Waals surface area contributed by atoms with Gasteiger partial charge in [0.2, 0.25) is 0 Å². The summed E-state index contributed by atoms with van der Waals surface area (Å²) in [6, 6.07) is 2.18. The second-order valence-electron chi connectivity index (χ2n) is 5.89. The Bertz CT molecular complexity index is 412. The van der Waals surface area contributed by atoms with Crippen molar-refractivity contribution < 1.29 is 9.15 Å². The summed E-state index contributed by atoms with van der Waals surface area (Å²) in [7, 11) is 0. The lowest BCUT2D eigenvalue weighted by atomic mass is 10.1. The quantitative estimate of drug-likeness (QED) is 0.887. The van der Waals surface area contributed by atoms with Crippen LogP contribution in [0.4, 0.5) is 0 Å². The first-order valence-corrected chi connectivity index (χ1v) is 7.15. The van der Waals surface area contributed by atoms with Crippen molar-refractivity contribution in [3.05, 3.63) is 23.2 Å². The van der Waals surface area contributed by atoms with Crippen molar-refractivity contribution in [2.45, 2.75) is 46.4 Å². The lowest BCUT2D eigenvalue weighted by molar-refractivity contribution is -0.0883. The molecule has 1 aliphatic heterocycles. The van der Waals surface area contributed by atoms with Crippen molar-refractivity contribution in [1.29, 1.82) is 0 Å². The van der Waals surface area contributed by atoms with Gasteiger partial charge in [-0.1, -0.05) is 6.92 Å². The van der Waals surface area contributed by atoms with E-state index in [2.05, 4.69) is 44.0 Å². The highest BCUT2D eigenvalue weighted by Crippen LogP contribution is 2.21. The number of furan rings is 1. The number of nitrogens with zero attached hydrogens (tertiary/aromatic N) is 1. The van der Waals surface area contributed by atoms with Gasteiger partial charge in [0, 0.05) is 25.2 Å². The Hall–Kier alpha value is -0.840. The molecule has 0 bridgehead atoms. The fourth-order valence-electron chi connectivity index (χ4n) is 2.57. The van der Waals surface area contributed by atoms with Crippen molar-refractivity contribution >= 4 is 0 Å². The normalized spacial score (nSPS) is 19.8.